The highest BCUT2D eigenvalue weighted by molar-refractivity contribution is 6.13. The van der Waals surface area contributed by atoms with Gasteiger partial charge in [0.2, 0.25) is 11.8 Å². The van der Waals surface area contributed by atoms with E-state index >= 15 is 4.79 Å². The molecule has 3 aromatic rings. The van der Waals surface area contributed by atoms with Crippen LogP contribution in [0.15, 0.2) is 90.5 Å². The summed E-state index contributed by atoms with van der Waals surface area (Å²) in [6.45, 7) is 4.12. The number of aliphatic hydroxyl groups is 1. The zero-order valence-corrected chi connectivity index (χ0v) is 26.6. The van der Waals surface area contributed by atoms with Crippen molar-refractivity contribution in [3.05, 3.63) is 107 Å². The third-order valence-electron chi connectivity index (χ3n) is 10.5. The molecule has 2 aliphatic carbocycles. The molecule has 4 amide bonds. The van der Waals surface area contributed by atoms with Crippen LogP contribution in [0.4, 0.5) is 5.69 Å². The van der Waals surface area contributed by atoms with E-state index in [-0.39, 0.29) is 43.3 Å². The molecule has 7 rings (SSSR count). The number of hydrogen-bond acceptors (Lipinski definition) is 7. The van der Waals surface area contributed by atoms with Crippen LogP contribution in [0.2, 0.25) is 0 Å². The summed E-state index contributed by atoms with van der Waals surface area (Å²) in [4.78, 5) is 58.9. The number of imide groups is 2. The summed E-state index contributed by atoms with van der Waals surface area (Å²) in [5, 5.41) is 10.8. The van der Waals surface area contributed by atoms with Gasteiger partial charge in [0.1, 0.15) is 12.4 Å². The van der Waals surface area contributed by atoms with Crippen LogP contribution in [0.5, 0.6) is 5.75 Å². The number of aliphatic hydroxyl groups excluding tert-OH is 1. The zero-order valence-electron chi connectivity index (χ0n) is 26.6. The number of rotatable bonds is 9. The largest absolute Gasteiger partial charge is 0.491 e. The Hall–Kier alpha value is -4.76. The van der Waals surface area contributed by atoms with Crippen LogP contribution in [0.1, 0.15) is 48.8 Å². The van der Waals surface area contributed by atoms with E-state index < -0.39 is 35.0 Å². The summed E-state index contributed by atoms with van der Waals surface area (Å²) in [5.74, 6) is -3.68. The van der Waals surface area contributed by atoms with Gasteiger partial charge in [0.05, 0.1) is 35.5 Å². The highest BCUT2D eigenvalue weighted by Gasteiger charge is 2.70. The maximum absolute atomic E-state index is 15.2. The second-order valence-corrected chi connectivity index (χ2v) is 13.0. The molecule has 0 radical (unpaired) electrons. The molecule has 3 aromatic carbocycles. The molecule has 6 unspecified atom stereocenters. The van der Waals surface area contributed by atoms with Crippen molar-refractivity contribution in [1.29, 1.82) is 0 Å². The first-order valence-corrected chi connectivity index (χ1v) is 16.5. The van der Waals surface area contributed by atoms with Crippen molar-refractivity contribution >= 4 is 29.3 Å². The molecular weight excluding hydrogens is 594 g/mol. The number of hydrogen-bond donors (Lipinski definition) is 2. The van der Waals surface area contributed by atoms with Gasteiger partial charge in [0.15, 0.2) is 0 Å². The van der Waals surface area contributed by atoms with E-state index in [9.17, 15) is 19.5 Å². The lowest BCUT2D eigenvalue weighted by molar-refractivity contribution is -0.141. The fourth-order valence-corrected chi connectivity index (χ4v) is 8.61. The van der Waals surface area contributed by atoms with Gasteiger partial charge in [-0.1, -0.05) is 84.8 Å². The molecule has 2 aliphatic heterocycles. The van der Waals surface area contributed by atoms with Crippen LogP contribution in [-0.4, -0.2) is 58.4 Å². The number of nitrogens with one attached hydrogen (secondary N) is 1. The number of fused-ring (bicyclic) bond motifs is 4. The lowest BCUT2D eigenvalue weighted by Gasteiger charge is -2.50. The molecule has 2 saturated heterocycles. The Morgan fingerprint density at radius 2 is 1.62 bits per heavy atom. The van der Waals surface area contributed by atoms with Crippen LogP contribution in [0.25, 0.3) is 0 Å². The van der Waals surface area contributed by atoms with Gasteiger partial charge in [-0.2, -0.15) is 5.01 Å². The van der Waals surface area contributed by atoms with Crippen LogP contribution in [0.3, 0.4) is 0 Å². The Balaban J connectivity index is 1.45. The predicted octanol–water partition coefficient (Wildman–Crippen LogP) is 4.76. The number of aryl methyl sites for hydroxylation is 1. The summed E-state index contributed by atoms with van der Waals surface area (Å²) in [7, 11) is 0. The second kappa shape index (κ2) is 12.1. The SMILES string of the molecule is CCCN1C(=O)C2CC=C3C(CC4C(=O)N(Nc5ccc(C)cc5)C(=O)C4(c4ccccc4)C3c3ccccc3OCCO)C2C1=O. The van der Waals surface area contributed by atoms with E-state index in [2.05, 4.69) is 11.5 Å². The molecule has 9 heteroatoms. The quantitative estimate of drug-likeness (QED) is 0.258. The number of anilines is 1. The molecule has 0 bridgehead atoms. The van der Waals surface area contributed by atoms with E-state index in [1.165, 1.54) is 4.90 Å². The van der Waals surface area contributed by atoms with Crippen molar-refractivity contribution in [2.24, 2.45) is 23.7 Å². The normalized spacial score (nSPS) is 28.1. The van der Waals surface area contributed by atoms with E-state index in [4.69, 9.17) is 4.74 Å². The van der Waals surface area contributed by atoms with Gasteiger partial charge < -0.3 is 9.84 Å². The third kappa shape index (κ3) is 4.70. The van der Waals surface area contributed by atoms with E-state index in [0.717, 1.165) is 16.1 Å². The molecule has 9 nitrogen and oxygen atoms in total. The average molecular weight is 634 g/mol. The number of hydrazine groups is 1. The number of carbonyl (C=O) groups excluding carboxylic acids is 4. The van der Waals surface area contributed by atoms with Crippen LogP contribution < -0.4 is 10.2 Å². The Morgan fingerprint density at radius 1 is 0.894 bits per heavy atom. The van der Waals surface area contributed by atoms with Crippen molar-refractivity contribution < 1.29 is 29.0 Å². The molecule has 2 heterocycles. The topological polar surface area (TPSA) is 116 Å². The molecular formula is C38H39N3O6. The number of allylic oxidation sites excluding steroid dienone is 2. The molecule has 4 aliphatic rings. The number of ether oxygens (including phenoxy) is 1. The van der Waals surface area contributed by atoms with Crippen molar-refractivity contribution in [3.63, 3.8) is 0 Å². The summed E-state index contributed by atoms with van der Waals surface area (Å²) >= 11 is 0. The minimum Gasteiger partial charge on any atom is -0.491 e. The first kappa shape index (κ1) is 30.9. The van der Waals surface area contributed by atoms with Gasteiger partial charge >= 0.3 is 0 Å². The molecule has 0 spiro atoms. The number of benzene rings is 3. The highest BCUT2D eigenvalue weighted by atomic mass is 16.5. The number of carbonyl (C=O) groups is 4. The maximum Gasteiger partial charge on any atom is 0.260 e. The van der Waals surface area contributed by atoms with Crippen LogP contribution in [-0.2, 0) is 24.6 Å². The van der Waals surface area contributed by atoms with E-state index in [1.54, 1.807) is 0 Å². The fourth-order valence-electron chi connectivity index (χ4n) is 8.61. The smallest absolute Gasteiger partial charge is 0.260 e. The number of amides is 4. The summed E-state index contributed by atoms with van der Waals surface area (Å²) in [6, 6.07) is 24.4. The first-order valence-electron chi connectivity index (χ1n) is 16.5. The van der Waals surface area contributed by atoms with Crippen molar-refractivity contribution in [2.75, 3.05) is 25.2 Å². The van der Waals surface area contributed by atoms with Crippen LogP contribution >= 0.6 is 0 Å². The van der Waals surface area contributed by atoms with Gasteiger partial charge in [0.25, 0.3) is 11.8 Å². The standard InChI is InChI=1S/C38H39N3O6/c1-3-19-40-34(43)28-18-17-26-29(32(28)36(40)45)22-30-35(44)41(39-25-15-13-23(2)14-16-25)37(46)38(30,24-9-5-4-6-10-24)33(26)27-11-7-8-12-31(27)47-21-20-42/h4-17,28-30,32-33,39,42H,3,18-22H2,1-2H3. The van der Waals surface area contributed by atoms with Gasteiger partial charge in [-0.3, -0.25) is 29.5 Å². The van der Waals surface area contributed by atoms with Gasteiger partial charge in [-0.25, -0.2) is 0 Å². The summed E-state index contributed by atoms with van der Waals surface area (Å²) < 4.78 is 6.09. The minimum absolute atomic E-state index is 0.0472. The highest BCUT2D eigenvalue weighted by Crippen LogP contribution is 2.64. The van der Waals surface area contributed by atoms with Gasteiger partial charge in [-0.15, -0.1) is 0 Å². The van der Waals surface area contributed by atoms with Crippen LogP contribution in [0, 0.1) is 30.6 Å². The molecule has 47 heavy (non-hydrogen) atoms. The van der Waals surface area contributed by atoms with Gasteiger partial charge in [-0.05, 0) is 55.9 Å². The molecule has 1 saturated carbocycles. The number of likely N-dealkylation sites (tertiary alicyclic amines) is 1. The van der Waals surface area contributed by atoms with E-state index in [1.807, 2.05) is 92.7 Å². The molecule has 242 valence electrons. The predicted molar refractivity (Wildman–Crippen MR) is 175 cm³/mol. The first-order chi connectivity index (χ1) is 22.8. The summed E-state index contributed by atoms with van der Waals surface area (Å²) in [5.41, 5.74) is 5.67. The maximum atomic E-state index is 15.2. The molecule has 6 atom stereocenters. The lowest BCUT2D eigenvalue weighted by Crippen LogP contribution is -2.53. The molecule has 2 N–H and O–H groups in total. The van der Waals surface area contributed by atoms with E-state index in [0.29, 0.717) is 42.0 Å². The molecule has 0 aromatic heterocycles. The van der Waals surface area contributed by atoms with Gasteiger partial charge in [0, 0.05) is 18.0 Å². The number of nitrogens with zero attached hydrogens (tertiary/aromatic N) is 2. The Bertz CT molecular complexity index is 1750. The Morgan fingerprint density at radius 3 is 2.34 bits per heavy atom. The van der Waals surface area contributed by atoms with Crippen molar-refractivity contribution in [1.82, 2.24) is 9.91 Å². The monoisotopic (exact) mass is 633 g/mol. The Kier molecular flexibility index (Phi) is 7.96. The average Bonchev–Trinajstić information content (AvgIpc) is 3.46. The Labute approximate surface area is 274 Å². The number of para-hydroxylation sites is 1. The molecule has 3 fully saturated rings. The second-order valence-electron chi connectivity index (χ2n) is 13.0. The minimum atomic E-state index is -1.38. The fraction of sp³-hybridized carbons (Fsp3) is 0.368. The van der Waals surface area contributed by atoms with Crippen molar-refractivity contribution in [3.8, 4) is 5.75 Å². The summed E-state index contributed by atoms with van der Waals surface area (Å²) in [6.07, 6.45) is 3.33. The zero-order chi connectivity index (χ0) is 32.9. The lowest BCUT2D eigenvalue weighted by atomic mass is 9.49. The van der Waals surface area contributed by atoms with Crippen molar-refractivity contribution in [2.45, 2.75) is 44.4 Å². The third-order valence-corrected chi connectivity index (χ3v) is 10.5.